The molecule has 0 fully saturated rings. The number of hydrogen-bond acceptors (Lipinski definition) is 3. The number of rotatable bonds is 4. The molecule has 1 aromatic rings. The van der Waals surface area contributed by atoms with Crippen LogP contribution >= 0.6 is 34.8 Å². The molecule has 0 heterocycles. The van der Waals surface area contributed by atoms with Gasteiger partial charge in [-0.15, -0.1) is 0 Å². The molecule has 0 aliphatic carbocycles. The van der Waals surface area contributed by atoms with Crippen LogP contribution in [0.2, 0.25) is 0 Å². The van der Waals surface area contributed by atoms with Crippen molar-refractivity contribution < 1.29 is 9.53 Å². The summed E-state index contributed by atoms with van der Waals surface area (Å²) in [6.07, 6.45) is -1.05. The molecule has 7 heteroatoms. The summed E-state index contributed by atoms with van der Waals surface area (Å²) in [7, 11) is 0. The first-order valence-corrected chi connectivity index (χ1v) is 7.63. The van der Waals surface area contributed by atoms with Gasteiger partial charge in [0.15, 0.2) is 0 Å². The summed E-state index contributed by atoms with van der Waals surface area (Å²) in [6.45, 7) is 7.59. The van der Waals surface area contributed by atoms with Crippen LogP contribution < -0.4 is 11.1 Å². The van der Waals surface area contributed by atoms with E-state index in [1.54, 1.807) is 12.1 Å². The van der Waals surface area contributed by atoms with Gasteiger partial charge in [0.1, 0.15) is 6.17 Å². The first kappa shape index (κ1) is 20.5. The highest BCUT2D eigenvalue weighted by Crippen LogP contribution is 2.27. The molecule has 1 atom stereocenters. The fourth-order valence-corrected chi connectivity index (χ4v) is 1.38. The van der Waals surface area contributed by atoms with Crippen molar-refractivity contribution in [1.29, 1.82) is 0 Å². The fourth-order valence-electron chi connectivity index (χ4n) is 1.22. The minimum Gasteiger partial charge on any atom is -0.382 e. The van der Waals surface area contributed by atoms with E-state index in [1.807, 2.05) is 32.9 Å². The minimum absolute atomic E-state index is 0.376. The third-order valence-corrected chi connectivity index (χ3v) is 3.07. The number of alkyl halides is 3. The highest BCUT2D eigenvalue weighted by Gasteiger charge is 2.30. The fraction of sp³-hybridized carbons (Fsp3) is 0.500. The van der Waals surface area contributed by atoms with Crippen LogP contribution in [0.4, 0.5) is 0 Å². The largest absolute Gasteiger partial charge is 0.382 e. The molecule has 0 aliphatic rings. The van der Waals surface area contributed by atoms with Crippen molar-refractivity contribution >= 4 is 40.7 Å². The van der Waals surface area contributed by atoms with Gasteiger partial charge in [0.05, 0.1) is 0 Å². The predicted molar refractivity (Wildman–Crippen MR) is 89.1 cm³/mol. The summed E-state index contributed by atoms with van der Waals surface area (Å²) in [5.74, 6) is -0.376. The van der Waals surface area contributed by atoms with Crippen LogP contribution in [0.15, 0.2) is 24.3 Å². The van der Waals surface area contributed by atoms with E-state index in [0.717, 1.165) is 18.8 Å². The van der Waals surface area contributed by atoms with Gasteiger partial charge in [-0.25, -0.2) is 0 Å². The van der Waals surface area contributed by atoms with Gasteiger partial charge >= 0.3 is 0 Å². The number of hydrogen-bond donors (Lipinski definition) is 2. The molecule has 0 aliphatic heterocycles. The van der Waals surface area contributed by atoms with Crippen LogP contribution in [0.25, 0.3) is 0 Å². The lowest BCUT2D eigenvalue weighted by atomic mass is 10.1. The smallest absolute Gasteiger partial charge is 0.252 e. The maximum Gasteiger partial charge on any atom is 0.252 e. The van der Waals surface area contributed by atoms with Gasteiger partial charge in [0.25, 0.3) is 5.91 Å². The van der Waals surface area contributed by atoms with Crippen molar-refractivity contribution in [1.82, 2.24) is 5.32 Å². The van der Waals surface area contributed by atoms with E-state index >= 15 is 0 Å². The molecule has 120 valence electrons. The summed E-state index contributed by atoms with van der Waals surface area (Å²) in [4.78, 5) is 11.6. The Kier molecular flexibility index (Phi) is 9.99. The molecule has 3 N–H and O–H groups in total. The SMILES string of the molecule is CCOCC.Cc1ccc(C(=O)NC(N)C(Cl)(Cl)Cl)cc1. The average molecular weight is 356 g/mol. The number of carbonyl (C=O) groups is 1. The van der Waals surface area contributed by atoms with Gasteiger partial charge < -0.3 is 15.8 Å². The Labute approximate surface area is 140 Å². The van der Waals surface area contributed by atoms with Crippen molar-refractivity contribution in [2.24, 2.45) is 5.73 Å². The summed E-state index contributed by atoms with van der Waals surface area (Å²) in [6, 6.07) is 6.98. The van der Waals surface area contributed by atoms with E-state index in [-0.39, 0.29) is 5.91 Å². The first-order chi connectivity index (χ1) is 9.72. The van der Waals surface area contributed by atoms with E-state index in [4.69, 9.17) is 45.3 Å². The molecular formula is C14H21Cl3N2O2. The van der Waals surface area contributed by atoms with E-state index in [2.05, 4.69) is 5.32 Å². The maximum atomic E-state index is 11.6. The van der Waals surface area contributed by atoms with Crippen LogP contribution in [0, 0.1) is 6.92 Å². The lowest BCUT2D eigenvalue weighted by Gasteiger charge is -2.21. The molecule has 0 bridgehead atoms. The second-order valence-electron chi connectivity index (χ2n) is 4.14. The zero-order valence-corrected chi connectivity index (χ0v) is 14.6. The summed E-state index contributed by atoms with van der Waals surface area (Å²) >= 11 is 16.6. The number of nitrogens with two attached hydrogens (primary N) is 1. The number of ether oxygens (including phenoxy) is 1. The Hall–Kier alpha value is -0.520. The molecule has 0 saturated heterocycles. The van der Waals surface area contributed by atoms with Crippen molar-refractivity contribution in [2.75, 3.05) is 13.2 Å². The highest BCUT2D eigenvalue weighted by molar-refractivity contribution is 6.68. The van der Waals surface area contributed by atoms with E-state index < -0.39 is 9.96 Å². The van der Waals surface area contributed by atoms with Gasteiger partial charge in [-0.3, -0.25) is 4.79 Å². The van der Waals surface area contributed by atoms with Gasteiger partial charge in [-0.1, -0.05) is 52.5 Å². The quantitative estimate of drug-likeness (QED) is 0.642. The van der Waals surface area contributed by atoms with Crippen molar-refractivity contribution in [3.63, 3.8) is 0 Å². The van der Waals surface area contributed by atoms with Crippen molar-refractivity contribution in [3.8, 4) is 0 Å². The first-order valence-electron chi connectivity index (χ1n) is 6.49. The van der Waals surface area contributed by atoms with Gasteiger partial charge in [-0.05, 0) is 32.9 Å². The Morgan fingerprint density at radius 1 is 1.24 bits per heavy atom. The van der Waals surface area contributed by atoms with Crippen LogP contribution in [0.3, 0.4) is 0 Å². The van der Waals surface area contributed by atoms with E-state index in [0.29, 0.717) is 5.56 Å². The number of aryl methyl sites for hydroxylation is 1. The predicted octanol–water partition coefficient (Wildman–Crippen LogP) is 3.42. The monoisotopic (exact) mass is 354 g/mol. The Balaban J connectivity index is 0.000000690. The maximum absolute atomic E-state index is 11.6. The van der Waals surface area contributed by atoms with Gasteiger partial charge in [0.2, 0.25) is 3.79 Å². The van der Waals surface area contributed by atoms with Crippen molar-refractivity contribution in [2.45, 2.75) is 30.7 Å². The number of carbonyl (C=O) groups excluding carboxylic acids is 1. The summed E-state index contributed by atoms with van der Waals surface area (Å²) < 4.78 is 3.11. The molecule has 0 spiro atoms. The second kappa shape index (κ2) is 10.2. The van der Waals surface area contributed by atoms with Crippen LogP contribution in [0.1, 0.15) is 29.8 Å². The molecular weight excluding hydrogens is 335 g/mol. The Morgan fingerprint density at radius 3 is 2.05 bits per heavy atom. The molecule has 4 nitrogen and oxygen atoms in total. The van der Waals surface area contributed by atoms with Crippen LogP contribution in [-0.4, -0.2) is 29.1 Å². The average Bonchev–Trinajstić information content (AvgIpc) is 2.40. The summed E-state index contributed by atoms with van der Waals surface area (Å²) in [5, 5.41) is 2.40. The molecule has 0 radical (unpaired) electrons. The molecule has 0 saturated carbocycles. The molecule has 1 aromatic carbocycles. The number of nitrogens with one attached hydrogen (secondary N) is 1. The molecule has 1 unspecified atom stereocenters. The standard InChI is InChI=1S/C10H11Cl3N2O.C4H10O/c1-6-2-4-7(5-3-6)8(16)15-9(14)10(11,12)13;1-3-5-4-2/h2-5,9H,14H2,1H3,(H,15,16);3-4H2,1-2H3. The third-order valence-electron chi connectivity index (χ3n) is 2.36. The lowest BCUT2D eigenvalue weighted by Crippen LogP contribution is -2.50. The number of benzene rings is 1. The van der Waals surface area contributed by atoms with Crippen molar-refractivity contribution in [3.05, 3.63) is 35.4 Å². The van der Waals surface area contributed by atoms with Gasteiger partial charge in [-0.2, -0.15) is 0 Å². The van der Waals surface area contributed by atoms with Gasteiger partial charge in [0, 0.05) is 18.8 Å². The van der Waals surface area contributed by atoms with Crippen LogP contribution in [0.5, 0.6) is 0 Å². The molecule has 0 aromatic heterocycles. The molecule has 1 rings (SSSR count). The normalized spacial score (nSPS) is 12.1. The second-order valence-corrected chi connectivity index (χ2v) is 6.51. The zero-order valence-electron chi connectivity index (χ0n) is 12.3. The Bertz CT molecular complexity index is 417. The lowest BCUT2D eigenvalue weighted by molar-refractivity contribution is 0.0938. The van der Waals surface area contributed by atoms with E-state index in [9.17, 15) is 4.79 Å². The van der Waals surface area contributed by atoms with E-state index in [1.165, 1.54) is 0 Å². The third kappa shape index (κ3) is 9.17. The molecule has 1 amide bonds. The number of amides is 1. The molecule has 21 heavy (non-hydrogen) atoms. The van der Waals surface area contributed by atoms with Crippen LogP contribution in [-0.2, 0) is 4.74 Å². The number of halogens is 3. The topological polar surface area (TPSA) is 64.3 Å². The zero-order chi connectivity index (χ0) is 16.5. The highest BCUT2D eigenvalue weighted by atomic mass is 35.6. The summed E-state index contributed by atoms with van der Waals surface area (Å²) in [5.41, 5.74) is 7.02. The minimum atomic E-state index is -1.72. The Morgan fingerprint density at radius 2 is 1.71 bits per heavy atom.